The fourth-order valence-electron chi connectivity index (χ4n) is 1.55. The topological polar surface area (TPSA) is 116 Å². The fourth-order valence-corrected chi connectivity index (χ4v) is 3.61. The van der Waals surface area contributed by atoms with Crippen LogP contribution < -0.4 is 9.46 Å². The molecule has 0 spiro atoms. The van der Waals surface area contributed by atoms with Gasteiger partial charge in [0, 0.05) is 4.47 Å². The Morgan fingerprint density at radius 2 is 1.81 bits per heavy atom. The van der Waals surface area contributed by atoms with Crippen molar-refractivity contribution < 1.29 is 28.5 Å². The van der Waals surface area contributed by atoms with Gasteiger partial charge in [-0.25, -0.2) is 8.42 Å². The first kappa shape index (κ1) is 18.3. The normalized spacial score (nSPS) is 12.4. The predicted molar refractivity (Wildman–Crippen MR) is 79.6 cm³/mol. The van der Waals surface area contributed by atoms with E-state index in [9.17, 15) is 23.7 Å². The Morgan fingerprint density at radius 1 is 1.24 bits per heavy atom. The van der Waals surface area contributed by atoms with E-state index in [1.54, 1.807) is 13.0 Å². The van der Waals surface area contributed by atoms with E-state index in [0.29, 0.717) is 4.47 Å². The molecule has 4 N–H and O–H groups in total. The molecule has 120 valence electrons. The Labute approximate surface area is 131 Å². The van der Waals surface area contributed by atoms with Gasteiger partial charge in [-0.2, -0.15) is 4.72 Å². The lowest BCUT2D eigenvalue weighted by molar-refractivity contribution is 0.0581. The molecule has 0 aliphatic rings. The number of hydrogen-bond acceptors (Lipinski definition) is 6. The van der Waals surface area contributed by atoms with Crippen LogP contribution in [0.3, 0.4) is 0 Å². The van der Waals surface area contributed by atoms with Gasteiger partial charge in [0.15, 0.2) is 0 Å². The van der Waals surface area contributed by atoms with Crippen LogP contribution in [0.15, 0.2) is 27.6 Å². The maximum absolute atomic E-state index is 12.4. The second kappa shape index (κ2) is 7.52. The van der Waals surface area contributed by atoms with E-state index in [0.717, 1.165) is 0 Å². The minimum Gasteiger partial charge on any atom is -0.492 e. The van der Waals surface area contributed by atoms with Crippen molar-refractivity contribution in [3.63, 3.8) is 0 Å². The average Bonchev–Trinajstić information content (AvgIpc) is 2.47. The van der Waals surface area contributed by atoms with Gasteiger partial charge in [0.2, 0.25) is 10.0 Å². The lowest BCUT2D eigenvalue weighted by atomic mass is 10.1. The number of nitrogens with one attached hydrogen (secondary N) is 1. The van der Waals surface area contributed by atoms with Crippen LogP contribution in [0, 0.1) is 0 Å². The zero-order valence-electron chi connectivity index (χ0n) is 11.4. The van der Waals surface area contributed by atoms with Crippen LogP contribution in [0.2, 0.25) is 0 Å². The highest BCUT2D eigenvalue weighted by atomic mass is 79.9. The van der Waals surface area contributed by atoms with Crippen LogP contribution in [-0.4, -0.2) is 55.7 Å². The van der Waals surface area contributed by atoms with Crippen LogP contribution in [0.4, 0.5) is 0 Å². The van der Waals surface area contributed by atoms with Gasteiger partial charge in [0.05, 0.1) is 26.4 Å². The number of halogens is 1. The monoisotopic (exact) mass is 383 g/mol. The number of aliphatic hydroxyl groups is 3. The Morgan fingerprint density at radius 3 is 2.29 bits per heavy atom. The molecular weight excluding hydrogens is 366 g/mol. The van der Waals surface area contributed by atoms with Crippen molar-refractivity contribution in [1.82, 2.24) is 4.72 Å². The first-order valence-electron chi connectivity index (χ1n) is 6.13. The molecule has 1 rings (SSSR count). The van der Waals surface area contributed by atoms with E-state index < -0.39 is 35.4 Å². The fraction of sp³-hybridized carbons (Fsp3) is 0.500. The maximum atomic E-state index is 12.4. The highest BCUT2D eigenvalue weighted by Gasteiger charge is 2.35. The molecule has 0 aromatic heterocycles. The Balaban J connectivity index is 3.27. The van der Waals surface area contributed by atoms with Gasteiger partial charge in [0.1, 0.15) is 16.2 Å². The van der Waals surface area contributed by atoms with Crippen molar-refractivity contribution in [3.8, 4) is 5.75 Å². The van der Waals surface area contributed by atoms with Crippen molar-refractivity contribution in [2.24, 2.45) is 0 Å². The summed E-state index contributed by atoms with van der Waals surface area (Å²) in [5.74, 6) is 0.135. The van der Waals surface area contributed by atoms with Crippen molar-refractivity contribution in [2.75, 3.05) is 26.4 Å². The molecule has 1 aromatic rings. The highest BCUT2D eigenvalue weighted by molar-refractivity contribution is 9.10. The first-order valence-corrected chi connectivity index (χ1v) is 8.40. The molecule has 0 saturated heterocycles. The summed E-state index contributed by atoms with van der Waals surface area (Å²) in [5.41, 5.74) is -1.75. The van der Waals surface area contributed by atoms with E-state index in [2.05, 4.69) is 20.7 Å². The number of benzene rings is 1. The lowest BCUT2D eigenvalue weighted by Crippen LogP contribution is -2.56. The van der Waals surface area contributed by atoms with E-state index in [1.807, 2.05) is 0 Å². The van der Waals surface area contributed by atoms with E-state index >= 15 is 0 Å². The molecule has 21 heavy (non-hydrogen) atoms. The summed E-state index contributed by atoms with van der Waals surface area (Å²) in [6.45, 7) is -0.272. The van der Waals surface area contributed by atoms with Gasteiger partial charge in [-0.1, -0.05) is 15.9 Å². The van der Waals surface area contributed by atoms with Gasteiger partial charge in [-0.15, -0.1) is 0 Å². The van der Waals surface area contributed by atoms with Gasteiger partial charge in [0.25, 0.3) is 0 Å². The van der Waals surface area contributed by atoms with E-state index in [1.165, 1.54) is 12.1 Å². The number of aliphatic hydroxyl groups excluding tert-OH is 3. The molecule has 0 aliphatic carbocycles. The number of rotatable bonds is 8. The van der Waals surface area contributed by atoms with Crippen LogP contribution in [0.25, 0.3) is 0 Å². The van der Waals surface area contributed by atoms with Gasteiger partial charge in [-0.3, -0.25) is 0 Å². The Kier molecular flexibility index (Phi) is 6.57. The molecule has 0 unspecified atom stereocenters. The Bertz CT molecular complexity index is 565. The molecule has 0 aliphatic heterocycles. The van der Waals surface area contributed by atoms with Gasteiger partial charge in [-0.05, 0) is 25.1 Å². The molecule has 0 fully saturated rings. The number of ether oxygens (including phenoxy) is 1. The third-order valence-electron chi connectivity index (χ3n) is 2.75. The maximum Gasteiger partial charge on any atom is 0.245 e. The third kappa shape index (κ3) is 4.38. The minimum atomic E-state index is -4.11. The summed E-state index contributed by atoms with van der Waals surface area (Å²) in [6.07, 6.45) is 0. The SMILES string of the molecule is CCOc1ccc(Br)cc1S(=O)(=O)NC(CO)(CO)CO. The van der Waals surface area contributed by atoms with Crippen LogP contribution in [-0.2, 0) is 10.0 Å². The summed E-state index contributed by atoms with van der Waals surface area (Å²) in [7, 11) is -4.11. The standard InChI is InChI=1S/C12H18BrNO6S/c1-2-20-10-4-3-9(13)5-11(10)21(18,19)14-12(6-15,7-16)8-17/h3-5,14-17H,2,6-8H2,1H3. The molecule has 0 atom stereocenters. The molecule has 0 bridgehead atoms. The van der Waals surface area contributed by atoms with Crippen molar-refractivity contribution in [3.05, 3.63) is 22.7 Å². The van der Waals surface area contributed by atoms with Gasteiger partial charge >= 0.3 is 0 Å². The summed E-state index contributed by atoms with van der Waals surface area (Å²) in [5, 5.41) is 27.7. The van der Waals surface area contributed by atoms with Crippen LogP contribution >= 0.6 is 15.9 Å². The molecule has 0 heterocycles. The van der Waals surface area contributed by atoms with Crippen LogP contribution in [0.5, 0.6) is 5.75 Å². The zero-order valence-corrected chi connectivity index (χ0v) is 13.8. The molecule has 0 radical (unpaired) electrons. The van der Waals surface area contributed by atoms with Crippen molar-refractivity contribution in [2.45, 2.75) is 17.4 Å². The van der Waals surface area contributed by atoms with Crippen molar-refractivity contribution >= 4 is 26.0 Å². The molecular formula is C12H18BrNO6S. The predicted octanol–water partition coefficient (Wildman–Crippen LogP) is -0.158. The Hall–Kier alpha value is -0.710. The molecule has 0 amide bonds. The summed E-state index contributed by atoms with van der Waals surface area (Å²) in [6, 6.07) is 4.45. The van der Waals surface area contributed by atoms with Crippen molar-refractivity contribution in [1.29, 1.82) is 0 Å². The van der Waals surface area contributed by atoms with Gasteiger partial charge < -0.3 is 20.1 Å². The van der Waals surface area contributed by atoms with E-state index in [4.69, 9.17) is 4.74 Å². The van der Waals surface area contributed by atoms with E-state index in [-0.39, 0.29) is 17.3 Å². The molecule has 7 nitrogen and oxygen atoms in total. The lowest BCUT2D eigenvalue weighted by Gasteiger charge is -2.28. The molecule has 1 aromatic carbocycles. The molecule has 0 saturated carbocycles. The summed E-state index contributed by atoms with van der Waals surface area (Å²) in [4.78, 5) is -0.154. The quantitative estimate of drug-likeness (QED) is 0.495. The number of hydrogen-bond donors (Lipinski definition) is 4. The first-order chi connectivity index (χ1) is 9.84. The minimum absolute atomic E-state index is 0.135. The van der Waals surface area contributed by atoms with Crippen LogP contribution in [0.1, 0.15) is 6.92 Å². The average molecular weight is 384 g/mol. The third-order valence-corrected chi connectivity index (χ3v) is 4.85. The number of sulfonamides is 1. The largest absolute Gasteiger partial charge is 0.492 e. The smallest absolute Gasteiger partial charge is 0.245 e. The summed E-state index contributed by atoms with van der Waals surface area (Å²) < 4.78 is 32.8. The molecule has 9 heteroatoms. The second-order valence-corrected chi connectivity index (χ2v) is 6.95. The second-order valence-electron chi connectivity index (χ2n) is 4.38. The zero-order chi connectivity index (χ0) is 16.1. The highest BCUT2D eigenvalue weighted by Crippen LogP contribution is 2.28. The summed E-state index contributed by atoms with van der Waals surface area (Å²) >= 11 is 3.17.